The second-order valence-electron chi connectivity index (χ2n) is 2.53. The third-order valence-corrected chi connectivity index (χ3v) is 2.25. The Labute approximate surface area is 66.0 Å². The number of aliphatic carboxylic acids is 1. The van der Waals surface area contributed by atoms with E-state index in [1.165, 1.54) is 0 Å². The summed E-state index contributed by atoms with van der Waals surface area (Å²) < 4.78 is -0.605. The summed E-state index contributed by atoms with van der Waals surface area (Å²) in [5.74, 6) is -1.00. The Balaban J connectivity index is 4.17. The molecule has 0 saturated heterocycles. The summed E-state index contributed by atoms with van der Waals surface area (Å²) in [6.07, 6.45) is 0.642. The molecule has 0 rings (SSSR count). The van der Waals surface area contributed by atoms with Gasteiger partial charge in [0, 0.05) is 4.75 Å². The number of carboxylic acids is 1. The molecule has 0 aromatic carbocycles. The molecule has 0 aromatic rings. The predicted octanol–water partition coefficient (Wildman–Crippen LogP) is 0.497. The van der Waals surface area contributed by atoms with Crippen LogP contribution in [-0.2, 0) is 4.79 Å². The molecular weight excluding hydrogens is 150 g/mol. The van der Waals surface area contributed by atoms with Crippen LogP contribution in [0, 0.1) is 0 Å². The minimum atomic E-state index is -1.00. The lowest BCUT2D eigenvalue weighted by atomic mass is 9.99. The van der Waals surface area contributed by atoms with Crippen LogP contribution in [0.1, 0.15) is 20.3 Å². The van der Waals surface area contributed by atoms with E-state index < -0.39 is 16.8 Å². The van der Waals surface area contributed by atoms with Crippen LogP contribution in [-0.4, -0.2) is 21.9 Å². The maximum Gasteiger partial charge on any atom is 0.321 e. The number of hydrogen-bond acceptors (Lipinski definition) is 3. The average molecular weight is 163 g/mol. The van der Waals surface area contributed by atoms with Gasteiger partial charge >= 0.3 is 5.97 Å². The van der Waals surface area contributed by atoms with E-state index in [4.69, 9.17) is 10.8 Å². The SMILES string of the molecule is CCC(C)(S)[C@H](N)C(=O)O. The van der Waals surface area contributed by atoms with Crippen LogP contribution in [0.4, 0.5) is 0 Å². The third kappa shape index (κ3) is 2.19. The van der Waals surface area contributed by atoms with Crippen LogP contribution in [0.3, 0.4) is 0 Å². The van der Waals surface area contributed by atoms with Crippen molar-refractivity contribution in [2.45, 2.75) is 31.1 Å². The van der Waals surface area contributed by atoms with Crippen molar-refractivity contribution in [1.82, 2.24) is 0 Å². The van der Waals surface area contributed by atoms with Gasteiger partial charge in [0.05, 0.1) is 0 Å². The fourth-order valence-electron chi connectivity index (χ4n) is 0.486. The molecule has 0 radical (unpaired) electrons. The van der Waals surface area contributed by atoms with Gasteiger partial charge in [0.1, 0.15) is 6.04 Å². The summed E-state index contributed by atoms with van der Waals surface area (Å²) >= 11 is 4.12. The Morgan fingerprint density at radius 3 is 2.40 bits per heavy atom. The van der Waals surface area contributed by atoms with Crippen molar-refractivity contribution >= 4 is 18.6 Å². The van der Waals surface area contributed by atoms with Gasteiger partial charge in [-0.15, -0.1) is 0 Å². The molecule has 0 bridgehead atoms. The zero-order valence-corrected chi connectivity index (χ0v) is 7.06. The molecule has 0 spiro atoms. The molecule has 3 nitrogen and oxygen atoms in total. The van der Waals surface area contributed by atoms with Gasteiger partial charge < -0.3 is 10.8 Å². The van der Waals surface area contributed by atoms with Gasteiger partial charge in [-0.05, 0) is 13.3 Å². The molecule has 0 aromatic heterocycles. The highest BCUT2D eigenvalue weighted by atomic mass is 32.1. The molecule has 0 aliphatic carbocycles. The van der Waals surface area contributed by atoms with E-state index in [1.54, 1.807) is 6.92 Å². The molecule has 0 saturated carbocycles. The molecule has 0 fully saturated rings. The van der Waals surface area contributed by atoms with E-state index >= 15 is 0 Å². The Kier molecular flexibility index (Phi) is 3.18. The van der Waals surface area contributed by atoms with Crippen LogP contribution in [0.25, 0.3) is 0 Å². The zero-order chi connectivity index (χ0) is 8.36. The Hall–Kier alpha value is -0.220. The lowest BCUT2D eigenvalue weighted by molar-refractivity contribution is -0.139. The molecule has 2 atom stereocenters. The minimum Gasteiger partial charge on any atom is -0.480 e. The first kappa shape index (κ1) is 9.78. The fourth-order valence-corrected chi connectivity index (χ4v) is 0.596. The average Bonchev–Trinajstić information content (AvgIpc) is 1.86. The van der Waals surface area contributed by atoms with E-state index in [9.17, 15) is 4.79 Å². The lowest BCUT2D eigenvalue weighted by Gasteiger charge is -2.25. The van der Waals surface area contributed by atoms with Gasteiger partial charge in [0.2, 0.25) is 0 Å². The van der Waals surface area contributed by atoms with Crippen molar-refractivity contribution in [2.75, 3.05) is 0 Å². The van der Waals surface area contributed by atoms with Crippen molar-refractivity contribution in [2.24, 2.45) is 5.73 Å². The van der Waals surface area contributed by atoms with Crippen LogP contribution >= 0.6 is 12.6 Å². The van der Waals surface area contributed by atoms with Gasteiger partial charge in [-0.1, -0.05) is 6.92 Å². The van der Waals surface area contributed by atoms with Crippen LogP contribution < -0.4 is 5.73 Å². The van der Waals surface area contributed by atoms with Crippen molar-refractivity contribution < 1.29 is 9.90 Å². The fraction of sp³-hybridized carbons (Fsp3) is 0.833. The van der Waals surface area contributed by atoms with Crippen molar-refractivity contribution in [3.05, 3.63) is 0 Å². The van der Waals surface area contributed by atoms with Gasteiger partial charge in [-0.3, -0.25) is 4.79 Å². The number of hydrogen-bond donors (Lipinski definition) is 3. The van der Waals surface area contributed by atoms with Crippen molar-refractivity contribution in [1.29, 1.82) is 0 Å². The summed E-state index contributed by atoms with van der Waals surface area (Å²) in [7, 11) is 0. The zero-order valence-electron chi connectivity index (χ0n) is 6.16. The highest BCUT2D eigenvalue weighted by Crippen LogP contribution is 2.21. The molecule has 4 heteroatoms. The van der Waals surface area contributed by atoms with Crippen LogP contribution in [0.15, 0.2) is 0 Å². The smallest absolute Gasteiger partial charge is 0.321 e. The molecule has 0 aliphatic rings. The highest BCUT2D eigenvalue weighted by Gasteiger charge is 2.30. The number of rotatable bonds is 3. The second kappa shape index (κ2) is 3.25. The Bertz CT molecular complexity index is 136. The maximum absolute atomic E-state index is 10.3. The number of carbonyl (C=O) groups is 1. The molecule has 60 valence electrons. The lowest BCUT2D eigenvalue weighted by Crippen LogP contribution is -2.46. The van der Waals surface area contributed by atoms with E-state index in [0.717, 1.165) is 0 Å². The van der Waals surface area contributed by atoms with E-state index in [0.29, 0.717) is 6.42 Å². The molecule has 3 N–H and O–H groups in total. The first-order chi connectivity index (χ1) is 4.41. The summed E-state index contributed by atoms with van der Waals surface area (Å²) in [6, 6.07) is -0.888. The topological polar surface area (TPSA) is 63.3 Å². The van der Waals surface area contributed by atoms with E-state index in [2.05, 4.69) is 12.6 Å². The molecule has 0 heterocycles. The van der Waals surface area contributed by atoms with Gasteiger partial charge in [0.25, 0.3) is 0 Å². The number of carboxylic acid groups (broad SMARTS) is 1. The summed E-state index contributed by atoms with van der Waals surface area (Å²) in [4.78, 5) is 10.3. The van der Waals surface area contributed by atoms with Crippen LogP contribution in [0.5, 0.6) is 0 Å². The molecule has 1 unspecified atom stereocenters. The maximum atomic E-state index is 10.3. The first-order valence-electron chi connectivity index (χ1n) is 3.12. The van der Waals surface area contributed by atoms with Crippen molar-refractivity contribution in [3.63, 3.8) is 0 Å². The van der Waals surface area contributed by atoms with Crippen LogP contribution in [0.2, 0.25) is 0 Å². The monoisotopic (exact) mass is 163 g/mol. The van der Waals surface area contributed by atoms with E-state index in [-0.39, 0.29) is 0 Å². The second-order valence-corrected chi connectivity index (χ2v) is 3.55. The van der Waals surface area contributed by atoms with Gasteiger partial charge in [0.15, 0.2) is 0 Å². The summed E-state index contributed by atoms with van der Waals surface area (Å²) in [5.41, 5.74) is 5.33. The van der Waals surface area contributed by atoms with Gasteiger partial charge in [-0.2, -0.15) is 12.6 Å². The normalized spacial score (nSPS) is 19.6. The highest BCUT2D eigenvalue weighted by molar-refractivity contribution is 7.81. The van der Waals surface area contributed by atoms with Gasteiger partial charge in [-0.25, -0.2) is 0 Å². The molecular formula is C6H13NO2S. The molecule has 0 amide bonds. The molecule has 0 aliphatic heterocycles. The standard InChI is InChI=1S/C6H13NO2S/c1-3-6(2,10)4(7)5(8)9/h4,10H,3,7H2,1-2H3,(H,8,9)/t4-,6?/m1/s1. The quantitative estimate of drug-likeness (QED) is 0.531. The largest absolute Gasteiger partial charge is 0.480 e. The van der Waals surface area contributed by atoms with Crippen molar-refractivity contribution in [3.8, 4) is 0 Å². The third-order valence-electron chi connectivity index (χ3n) is 1.65. The first-order valence-corrected chi connectivity index (χ1v) is 3.57. The van der Waals surface area contributed by atoms with E-state index in [1.807, 2.05) is 6.92 Å². The Morgan fingerprint density at radius 2 is 2.30 bits per heavy atom. The summed E-state index contributed by atoms with van der Waals surface area (Å²) in [5, 5.41) is 8.47. The number of nitrogens with two attached hydrogens (primary N) is 1. The Morgan fingerprint density at radius 1 is 1.90 bits per heavy atom. The number of thiol groups is 1. The predicted molar refractivity (Wildman–Crippen MR) is 43.3 cm³/mol. The summed E-state index contributed by atoms with van der Waals surface area (Å²) in [6.45, 7) is 3.57. The molecule has 10 heavy (non-hydrogen) atoms. The minimum absolute atomic E-state index is 0.605.